The van der Waals surface area contributed by atoms with Gasteiger partial charge in [-0.2, -0.15) is 5.10 Å². The van der Waals surface area contributed by atoms with Crippen molar-refractivity contribution in [3.8, 4) is 5.69 Å². The highest BCUT2D eigenvalue weighted by Gasteiger charge is 2.14. The molecule has 0 fully saturated rings. The summed E-state index contributed by atoms with van der Waals surface area (Å²) in [6.45, 7) is 0. The number of hydrazine groups is 1. The van der Waals surface area contributed by atoms with Crippen LogP contribution in [0, 0.1) is 5.82 Å². The lowest BCUT2D eigenvalue weighted by atomic mass is 10.2. The molecule has 4 rings (SSSR count). The van der Waals surface area contributed by atoms with Gasteiger partial charge in [-0.1, -0.05) is 23.2 Å². The molecule has 0 saturated heterocycles. The Hall–Kier alpha value is -3.23. The van der Waals surface area contributed by atoms with Crippen LogP contribution >= 0.6 is 23.2 Å². The van der Waals surface area contributed by atoms with Crippen LogP contribution in [0.4, 0.5) is 10.2 Å². The quantitative estimate of drug-likeness (QED) is 0.490. The van der Waals surface area contributed by atoms with Crippen LogP contribution in [-0.2, 0) is 0 Å². The van der Waals surface area contributed by atoms with E-state index in [9.17, 15) is 9.18 Å². The standard InChI is InChI=1S/C18H11Cl2FN6O/c19-10-1-6-13(15(20)7-10)18(28)26-25-16-14-8-24-27(17(14)23-9-22-16)12-4-2-11(21)3-5-12/h1-9H,(H,26,28)(H,22,23,25). The molecule has 1 amide bonds. The topological polar surface area (TPSA) is 84.7 Å². The minimum Gasteiger partial charge on any atom is -0.281 e. The van der Waals surface area contributed by atoms with Crippen LogP contribution < -0.4 is 10.9 Å². The summed E-state index contributed by atoms with van der Waals surface area (Å²) in [5, 5.41) is 5.49. The summed E-state index contributed by atoms with van der Waals surface area (Å²) in [5.74, 6) is -0.461. The van der Waals surface area contributed by atoms with Gasteiger partial charge in [0.05, 0.1) is 27.9 Å². The summed E-state index contributed by atoms with van der Waals surface area (Å²) in [6.07, 6.45) is 2.87. The van der Waals surface area contributed by atoms with E-state index in [0.29, 0.717) is 27.6 Å². The summed E-state index contributed by atoms with van der Waals surface area (Å²) in [5.41, 5.74) is 6.66. The lowest BCUT2D eigenvalue weighted by molar-refractivity contribution is 0.0962. The highest BCUT2D eigenvalue weighted by Crippen LogP contribution is 2.23. The average molecular weight is 417 g/mol. The molecular formula is C18H11Cl2FN6O. The molecule has 2 N–H and O–H groups in total. The Balaban J connectivity index is 1.59. The van der Waals surface area contributed by atoms with E-state index < -0.39 is 5.91 Å². The van der Waals surface area contributed by atoms with Gasteiger partial charge in [-0.05, 0) is 42.5 Å². The summed E-state index contributed by atoms with van der Waals surface area (Å²) < 4.78 is 14.7. The van der Waals surface area contributed by atoms with Gasteiger partial charge in [0.15, 0.2) is 11.5 Å². The second-order valence-corrected chi connectivity index (χ2v) is 6.54. The van der Waals surface area contributed by atoms with E-state index in [4.69, 9.17) is 23.2 Å². The molecule has 0 atom stereocenters. The van der Waals surface area contributed by atoms with Crippen LogP contribution in [0.5, 0.6) is 0 Å². The zero-order chi connectivity index (χ0) is 19.7. The highest BCUT2D eigenvalue weighted by atomic mass is 35.5. The minimum atomic E-state index is -0.459. The molecule has 10 heteroatoms. The van der Waals surface area contributed by atoms with Crippen molar-refractivity contribution in [2.75, 3.05) is 5.43 Å². The SMILES string of the molecule is O=C(NNc1ncnc2c1cnn2-c1ccc(F)cc1)c1ccc(Cl)cc1Cl. The molecule has 140 valence electrons. The van der Waals surface area contributed by atoms with Crippen LogP contribution in [-0.4, -0.2) is 25.7 Å². The van der Waals surface area contributed by atoms with Crippen molar-refractivity contribution in [1.82, 2.24) is 25.2 Å². The fourth-order valence-corrected chi connectivity index (χ4v) is 3.07. The van der Waals surface area contributed by atoms with Gasteiger partial charge in [-0.25, -0.2) is 19.0 Å². The Kier molecular flexibility index (Phi) is 4.81. The maximum atomic E-state index is 13.2. The molecule has 2 aromatic heterocycles. The van der Waals surface area contributed by atoms with E-state index in [0.717, 1.165) is 0 Å². The summed E-state index contributed by atoms with van der Waals surface area (Å²) >= 11 is 11.9. The first-order valence-corrected chi connectivity index (χ1v) is 8.74. The van der Waals surface area contributed by atoms with Gasteiger partial charge in [-0.3, -0.25) is 15.6 Å². The van der Waals surface area contributed by atoms with Crippen LogP contribution in [0.3, 0.4) is 0 Å². The van der Waals surface area contributed by atoms with Crippen molar-refractivity contribution in [2.45, 2.75) is 0 Å². The zero-order valence-electron chi connectivity index (χ0n) is 14.0. The van der Waals surface area contributed by atoms with E-state index in [1.165, 1.54) is 30.6 Å². The normalized spacial score (nSPS) is 10.8. The van der Waals surface area contributed by atoms with Gasteiger partial charge in [0.25, 0.3) is 5.91 Å². The summed E-state index contributed by atoms with van der Waals surface area (Å²) in [6, 6.07) is 10.4. The minimum absolute atomic E-state index is 0.226. The largest absolute Gasteiger partial charge is 0.281 e. The molecule has 0 aliphatic heterocycles. The van der Waals surface area contributed by atoms with Gasteiger partial charge in [0.1, 0.15) is 12.1 Å². The van der Waals surface area contributed by atoms with Crippen molar-refractivity contribution in [1.29, 1.82) is 0 Å². The number of anilines is 1. The predicted molar refractivity (Wildman–Crippen MR) is 104 cm³/mol. The van der Waals surface area contributed by atoms with Gasteiger partial charge in [-0.15, -0.1) is 0 Å². The first kappa shape index (κ1) is 18.1. The number of halogens is 3. The van der Waals surface area contributed by atoms with E-state index in [1.54, 1.807) is 29.1 Å². The fraction of sp³-hybridized carbons (Fsp3) is 0. The van der Waals surface area contributed by atoms with Gasteiger partial charge in [0.2, 0.25) is 0 Å². The smallest absolute Gasteiger partial charge is 0.271 e. The second-order valence-electron chi connectivity index (χ2n) is 5.70. The summed E-state index contributed by atoms with van der Waals surface area (Å²) in [7, 11) is 0. The molecule has 2 aromatic carbocycles. The maximum Gasteiger partial charge on any atom is 0.271 e. The molecule has 0 saturated carbocycles. The van der Waals surface area contributed by atoms with E-state index in [-0.39, 0.29) is 16.4 Å². The Labute approximate surface area is 168 Å². The third-order valence-electron chi connectivity index (χ3n) is 3.91. The predicted octanol–water partition coefficient (Wildman–Crippen LogP) is 4.02. The highest BCUT2D eigenvalue weighted by molar-refractivity contribution is 6.36. The fourth-order valence-electron chi connectivity index (χ4n) is 2.57. The lowest BCUT2D eigenvalue weighted by Crippen LogP contribution is -2.30. The van der Waals surface area contributed by atoms with Crippen LogP contribution in [0.15, 0.2) is 55.0 Å². The Morgan fingerprint density at radius 1 is 1.07 bits per heavy atom. The number of hydrogen-bond acceptors (Lipinski definition) is 5. The van der Waals surface area contributed by atoms with Crippen molar-refractivity contribution in [3.05, 3.63) is 76.4 Å². The number of benzene rings is 2. The van der Waals surface area contributed by atoms with Crippen LogP contribution in [0.25, 0.3) is 16.7 Å². The average Bonchev–Trinajstić information content (AvgIpc) is 3.11. The molecule has 0 unspecified atom stereocenters. The number of nitrogens with one attached hydrogen (secondary N) is 2. The molecule has 7 nitrogen and oxygen atoms in total. The number of rotatable bonds is 4. The van der Waals surface area contributed by atoms with Crippen molar-refractivity contribution in [2.24, 2.45) is 0 Å². The number of fused-ring (bicyclic) bond motifs is 1. The molecule has 28 heavy (non-hydrogen) atoms. The second kappa shape index (κ2) is 7.41. The Morgan fingerprint density at radius 2 is 1.86 bits per heavy atom. The maximum absolute atomic E-state index is 13.2. The first-order valence-electron chi connectivity index (χ1n) is 7.99. The number of carbonyl (C=O) groups is 1. The number of amides is 1. The number of carbonyl (C=O) groups excluding carboxylic acids is 1. The molecule has 0 aliphatic carbocycles. The third kappa shape index (κ3) is 3.47. The summed E-state index contributed by atoms with van der Waals surface area (Å²) in [4.78, 5) is 20.7. The third-order valence-corrected chi connectivity index (χ3v) is 4.45. The van der Waals surface area contributed by atoms with Crippen LogP contribution in [0.1, 0.15) is 10.4 Å². The van der Waals surface area contributed by atoms with Crippen LogP contribution in [0.2, 0.25) is 10.0 Å². The lowest BCUT2D eigenvalue weighted by Gasteiger charge is -2.09. The molecule has 0 radical (unpaired) electrons. The number of hydrogen-bond donors (Lipinski definition) is 2. The Morgan fingerprint density at radius 3 is 2.61 bits per heavy atom. The van der Waals surface area contributed by atoms with Crippen molar-refractivity contribution in [3.63, 3.8) is 0 Å². The first-order chi connectivity index (χ1) is 13.5. The molecule has 4 aromatic rings. The van der Waals surface area contributed by atoms with Gasteiger partial charge < -0.3 is 0 Å². The monoisotopic (exact) mass is 416 g/mol. The molecule has 0 aliphatic rings. The van der Waals surface area contributed by atoms with Gasteiger partial charge >= 0.3 is 0 Å². The van der Waals surface area contributed by atoms with Gasteiger partial charge in [0, 0.05) is 5.02 Å². The zero-order valence-corrected chi connectivity index (χ0v) is 15.5. The molecule has 0 bridgehead atoms. The van der Waals surface area contributed by atoms with E-state index in [1.807, 2.05) is 0 Å². The Bertz CT molecular complexity index is 1180. The van der Waals surface area contributed by atoms with E-state index >= 15 is 0 Å². The molecule has 0 spiro atoms. The van der Waals surface area contributed by atoms with E-state index in [2.05, 4.69) is 25.9 Å². The molecular weight excluding hydrogens is 406 g/mol. The van der Waals surface area contributed by atoms with Crippen molar-refractivity contribution >= 4 is 46.0 Å². The number of nitrogens with zero attached hydrogens (tertiary/aromatic N) is 4. The molecule has 2 heterocycles. The number of aromatic nitrogens is 4. The van der Waals surface area contributed by atoms with Crippen molar-refractivity contribution < 1.29 is 9.18 Å².